The SMILES string of the molecule is COc1ccc2cc(CNC(=O)Nc3cccc([N+](=O)[O-])c3)ccc2c1. The van der Waals surface area contributed by atoms with E-state index >= 15 is 0 Å². The highest BCUT2D eigenvalue weighted by Crippen LogP contribution is 2.22. The molecule has 0 aliphatic carbocycles. The summed E-state index contributed by atoms with van der Waals surface area (Å²) in [4.78, 5) is 22.3. The van der Waals surface area contributed by atoms with Crippen LogP contribution in [0, 0.1) is 10.1 Å². The minimum atomic E-state index is -0.507. The summed E-state index contributed by atoms with van der Waals surface area (Å²) in [6, 6.07) is 17.0. The molecule has 0 aliphatic rings. The molecular weight excluding hydrogens is 334 g/mol. The Morgan fingerprint density at radius 2 is 1.85 bits per heavy atom. The first-order chi connectivity index (χ1) is 12.5. The number of rotatable bonds is 5. The molecule has 2 amide bonds. The number of hydrogen-bond acceptors (Lipinski definition) is 4. The van der Waals surface area contributed by atoms with Gasteiger partial charge in [-0.3, -0.25) is 10.1 Å². The number of urea groups is 1. The van der Waals surface area contributed by atoms with Crippen molar-refractivity contribution in [3.8, 4) is 5.75 Å². The third-order valence-electron chi connectivity index (χ3n) is 3.88. The summed E-state index contributed by atoms with van der Waals surface area (Å²) in [5.41, 5.74) is 1.23. The van der Waals surface area contributed by atoms with E-state index in [0.29, 0.717) is 12.2 Å². The summed E-state index contributed by atoms with van der Waals surface area (Å²) in [6.45, 7) is 0.336. The average Bonchev–Trinajstić information content (AvgIpc) is 2.66. The summed E-state index contributed by atoms with van der Waals surface area (Å²) in [5.74, 6) is 0.791. The number of ether oxygens (including phenoxy) is 1. The van der Waals surface area contributed by atoms with Gasteiger partial charge in [-0.2, -0.15) is 0 Å². The number of hydrogen-bond donors (Lipinski definition) is 2. The molecule has 0 bridgehead atoms. The van der Waals surface area contributed by atoms with Crippen molar-refractivity contribution in [1.82, 2.24) is 5.32 Å². The maximum atomic E-state index is 12.0. The number of non-ortho nitro benzene ring substituents is 1. The Morgan fingerprint density at radius 1 is 1.08 bits per heavy atom. The van der Waals surface area contributed by atoms with Crippen LogP contribution < -0.4 is 15.4 Å². The van der Waals surface area contributed by atoms with Gasteiger partial charge in [0, 0.05) is 24.4 Å². The zero-order chi connectivity index (χ0) is 18.5. The van der Waals surface area contributed by atoms with Gasteiger partial charge in [-0.15, -0.1) is 0 Å². The molecular formula is C19H17N3O4. The topological polar surface area (TPSA) is 93.5 Å². The van der Waals surface area contributed by atoms with Gasteiger partial charge >= 0.3 is 6.03 Å². The van der Waals surface area contributed by atoms with E-state index in [1.807, 2.05) is 36.4 Å². The summed E-state index contributed by atoms with van der Waals surface area (Å²) >= 11 is 0. The van der Waals surface area contributed by atoms with E-state index in [0.717, 1.165) is 22.1 Å². The first kappa shape index (κ1) is 17.2. The zero-order valence-electron chi connectivity index (χ0n) is 14.1. The van der Waals surface area contributed by atoms with Gasteiger partial charge in [0.1, 0.15) is 5.75 Å². The summed E-state index contributed by atoms with van der Waals surface area (Å²) in [7, 11) is 1.62. The molecule has 3 rings (SSSR count). The molecule has 0 atom stereocenters. The van der Waals surface area contributed by atoms with Crippen LogP contribution in [0.1, 0.15) is 5.56 Å². The number of carbonyl (C=O) groups excluding carboxylic acids is 1. The van der Waals surface area contributed by atoms with E-state index in [-0.39, 0.29) is 5.69 Å². The number of benzene rings is 3. The van der Waals surface area contributed by atoms with Gasteiger partial charge in [0.15, 0.2) is 0 Å². The Balaban J connectivity index is 1.63. The van der Waals surface area contributed by atoms with Crippen molar-refractivity contribution in [2.75, 3.05) is 12.4 Å². The van der Waals surface area contributed by atoms with Crippen LogP contribution in [0.25, 0.3) is 10.8 Å². The van der Waals surface area contributed by atoms with Gasteiger partial charge in [-0.05, 0) is 40.6 Å². The molecule has 3 aromatic rings. The molecule has 0 aromatic heterocycles. The molecule has 26 heavy (non-hydrogen) atoms. The van der Waals surface area contributed by atoms with E-state index in [1.165, 1.54) is 18.2 Å². The van der Waals surface area contributed by atoms with Crippen molar-refractivity contribution < 1.29 is 14.5 Å². The van der Waals surface area contributed by atoms with Gasteiger partial charge < -0.3 is 15.4 Å². The monoisotopic (exact) mass is 351 g/mol. The molecule has 0 radical (unpaired) electrons. The van der Waals surface area contributed by atoms with Gasteiger partial charge in [0.25, 0.3) is 5.69 Å². The lowest BCUT2D eigenvalue weighted by atomic mass is 10.1. The quantitative estimate of drug-likeness (QED) is 0.535. The summed E-state index contributed by atoms with van der Waals surface area (Å²) < 4.78 is 5.20. The zero-order valence-corrected chi connectivity index (χ0v) is 14.1. The molecule has 0 aliphatic heterocycles. The maximum absolute atomic E-state index is 12.0. The van der Waals surface area contributed by atoms with Crippen molar-refractivity contribution in [2.24, 2.45) is 0 Å². The van der Waals surface area contributed by atoms with Crippen LogP contribution in [0.15, 0.2) is 60.7 Å². The van der Waals surface area contributed by atoms with E-state index in [4.69, 9.17) is 4.74 Å². The lowest BCUT2D eigenvalue weighted by molar-refractivity contribution is -0.384. The fourth-order valence-electron chi connectivity index (χ4n) is 2.57. The van der Waals surface area contributed by atoms with Crippen molar-refractivity contribution in [2.45, 2.75) is 6.54 Å². The van der Waals surface area contributed by atoms with Crippen molar-refractivity contribution >= 4 is 28.2 Å². The molecule has 0 spiro atoms. The number of nitro benzene ring substituents is 1. The fourth-order valence-corrected chi connectivity index (χ4v) is 2.57. The van der Waals surface area contributed by atoms with Gasteiger partial charge in [0.05, 0.1) is 12.0 Å². The second-order valence-corrected chi connectivity index (χ2v) is 5.66. The van der Waals surface area contributed by atoms with Crippen LogP contribution >= 0.6 is 0 Å². The second-order valence-electron chi connectivity index (χ2n) is 5.66. The highest BCUT2D eigenvalue weighted by atomic mass is 16.6. The molecule has 0 fully saturated rings. The van der Waals surface area contributed by atoms with Crippen LogP contribution in [0.3, 0.4) is 0 Å². The minimum Gasteiger partial charge on any atom is -0.497 e. The largest absolute Gasteiger partial charge is 0.497 e. The number of anilines is 1. The molecule has 7 heteroatoms. The van der Waals surface area contributed by atoms with E-state index in [1.54, 1.807) is 13.2 Å². The first-order valence-corrected chi connectivity index (χ1v) is 7.91. The highest BCUT2D eigenvalue weighted by Gasteiger charge is 2.08. The van der Waals surface area contributed by atoms with Gasteiger partial charge in [-0.25, -0.2) is 4.79 Å². The lowest BCUT2D eigenvalue weighted by Crippen LogP contribution is -2.28. The Hall–Kier alpha value is -3.61. The number of fused-ring (bicyclic) bond motifs is 1. The average molecular weight is 351 g/mol. The summed E-state index contributed by atoms with van der Waals surface area (Å²) in [6.07, 6.45) is 0. The molecule has 132 valence electrons. The van der Waals surface area contributed by atoms with E-state index in [9.17, 15) is 14.9 Å². The van der Waals surface area contributed by atoms with Crippen LogP contribution in [-0.2, 0) is 6.54 Å². The number of methoxy groups -OCH3 is 1. The third kappa shape index (κ3) is 4.07. The molecule has 7 nitrogen and oxygen atoms in total. The number of nitro groups is 1. The van der Waals surface area contributed by atoms with Crippen molar-refractivity contribution in [3.05, 3.63) is 76.3 Å². The Morgan fingerprint density at radius 3 is 2.62 bits per heavy atom. The van der Waals surface area contributed by atoms with Crippen molar-refractivity contribution in [3.63, 3.8) is 0 Å². The Labute approximate surface area is 149 Å². The van der Waals surface area contributed by atoms with Gasteiger partial charge in [0.2, 0.25) is 0 Å². The number of carbonyl (C=O) groups is 1. The Kier molecular flexibility index (Phi) is 4.98. The van der Waals surface area contributed by atoms with Crippen LogP contribution in [0.4, 0.5) is 16.2 Å². The molecule has 3 aromatic carbocycles. The molecule has 2 N–H and O–H groups in total. The first-order valence-electron chi connectivity index (χ1n) is 7.91. The minimum absolute atomic E-state index is 0.0762. The molecule has 0 unspecified atom stereocenters. The van der Waals surface area contributed by atoms with Crippen molar-refractivity contribution in [1.29, 1.82) is 0 Å². The molecule has 0 saturated heterocycles. The third-order valence-corrected chi connectivity index (χ3v) is 3.88. The van der Waals surface area contributed by atoms with Gasteiger partial charge in [-0.1, -0.05) is 24.3 Å². The predicted molar refractivity (Wildman–Crippen MR) is 99.5 cm³/mol. The molecule has 0 saturated carbocycles. The lowest BCUT2D eigenvalue weighted by Gasteiger charge is -2.09. The van der Waals surface area contributed by atoms with Crippen LogP contribution in [-0.4, -0.2) is 18.1 Å². The van der Waals surface area contributed by atoms with E-state index < -0.39 is 11.0 Å². The van der Waals surface area contributed by atoms with Crippen LogP contribution in [0.5, 0.6) is 5.75 Å². The van der Waals surface area contributed by atoms with Crippen LogP contribution in [0.2, 0.25) is 0 Å². The maximum Gasteiger partial charge on any atom is 0.319 e. The Bertz CT molecular complexity index is 972. The number of nitrogens with one attached hydrogen (secondary N) is 2. The molecule has 0 heterocycles. The number of nitrogens with zero attached hydrogens (tertiary/aromatic N) is 1. The van der Waals surface area contributed by atoms with E-state index in [2.05, 4.69) is 10.6 Å². The second kappa shape index (κ2) is 7.52. The standard InChI is InChI=1S/C19H17N3O4/c1-26-18-8-7-14-9-13(5-6-15(14)10-18)12-20-19(23)21-16-3-2-4-17(11-16)22(24)25/h2-11H,12H2,1H3,(H2,20,21,23). The predicted octanol–water partition coefficient (Wildman–Crippen LogP) is 4.08. The fraction of sp³-hybridized carbons (Fsp3) is 0.105. The normalized spacial score (nSPS) is 10.3. The highest BCUT2D eigenvalue weighted by molar-refractivity contribution is 5.89. The number of amides is 2. The smallest absolute Gasteiger partial charge is 0.319 e. The summed E-state index contributed by atoms with van der Waals surface area (Å²) in [5, 5.41) is 18.2.